The van der Waals surface area contributed by atoms with Crippen molar-refractivity contribution in [2.45, 2.75) is 19.5 Å². The second-order valence-corrected chi connectivity index (χ2v) is 6.24. The minimum Gasteiger partial charge on any atom is -0.254 e. The Bertz CT molecular complexity index is 749. The smallest absolute Gasteiger partial charge is 0.254 e. The van der Waals surface area contributed by atoms with Gasteiger partial charge in [0.1, 0.15) is 5.69 Å². The van der Waals surface area contributed by atoms with Crippen molar-refractivity contribution < 1.29 is 21.6 Å². The van der Waals surface area contributed by atoms with Crippen LogP contribution in [-0.2, 0) is 22.6 Å². The Morgan fingerprint density at radius 2 is 1.90 bits per heavy atom. The third-order valence-electron chi connectivity index (χ3n) is 2.78. The van der Waals surface area contributed by atoms with Crippen LogP contribution in [0.15, 0.2) is 24.4 Å². The lowest BCUT2D eigenvalue weighted by molar-refractivity contribution is -0.142. The lowest BCUT2D eigenvalue weighted by Crippen LogP contribution is -2.20. The van der Waals surface area contributed by atoms with Crippen molar-refractivity contribution in [1.82, 2.24) is 14.2 Å². The van der Waals surface area contributed by atoms with E-state index >= 15 is 0 Å². The van der Waals surface area contributed by atoms with E-state index in [2.05, 4.69) is 10.1 Å². The lowest BCUT2D eigenvalue weighted by Gasteiger charge is -2.07. The number of pyridine rings is 1. The van der Waals surface area contributed by atoms with Crippen LogP contribution in [0.2, 0.25) is 0 Å². The van der Waals surface area contributed by atoms with Gasteiger partial charge in [-0.15, -0.1) is 0 Å². The summed E-state index contributed by atoms with van der Waals surface area (Å²) in [4.78, 5) is 4.00. The van der Waals surface area contributed by atoms with E-state index in [1.807, 2.05) is 6.92 Å². The standard InChI is InChI=1S/C12H12F3N3O2S/c1-3-8-4-5-9(16-7-8)10-6-11(12(13,14)15)18(17-10)21(2,19)20/h4-7H,3H2,1-2H3. The van der Waals surface area contributed by atoms with Crippen LogP contribution in [0.4, 0.5) is 13.2 Å². The molecule has 0 radical (unpaired) electrons. The number of nitrogens with zero attached hydrogens (tertiary/aromatic N) is 3. The maximum Gasteiger partial charge on any atom is 0.434 e. The summed E-state index contributed by atoms with van der Waals surface area (Å²) in [5, 5.41) is 3.52. The van der Waals surface area contributed by atoms with Gasteiger partial charge in [0, 0.05) is 6.20 Å². The van der Waals surface area contributed by atoms with E-state index in [1.54, 1.807) is 6.07 Å². The fourth-order valence-corrected chi connectivity index (χ4v) is 2.47. The first-order chi connectivity index (χ1) is 9.63. The summed E-state index contributed by atoms with van der Waals surface area (Å²) < 4.78 is 61.5. The van der Waals surface area contributed by atoms with Gasteiger partial charge in [0.05, 0.1) is 11.9 Å². The molecular weight excluding hydrogens is 307 g/mol. The Morgan fingerprint density at radius 1 is 1.24 bits per heavy atom. The molecule has 0 aliphatic carbocycles. The highest BCUT2D eigenvalue weighted by molar-refractivity contribution is 7.89. The fourth-order valence-electron chi connectivity index (χ4n) is 1.72. The number of aryl methyl sites for hydroxylation is 1. The van der Waals surface area contributed by atoms with Crippen molar-refractivity contribution in [1.29, 1.82) is 0 Å². The maximum absolute atomic E-state index is 12.9. The summed E-state index contributed by atoms with van der Waals surface area (Å²) in [5.41, 5.74) is -0.394. The van der Waals surface area contributed by atoms with Crippen molar-refractivity contribution in [2.75, 3.05) is 6.26 Å². The van der Waals surface area contributed by atoms with Gasteiger partial charge >= 0.3 is 6.18 Å². The van der Waals surface area contributed by atoms with Crippen molar-refractivity contribution >= 4 is 10.0 Å². The molecule has 5 nitrogen and oxygen atoms in total. The Balaban J connectivity index is 2.58. The first-order valence-electron chi connectivity index (χ1n) is 5.96. The molecule has 0 saturated heterocycles. The van der Waals surface area contributed by atoms with Crippen molar-refractivity contribution in [3.05, 3.63) is 35.7 Å². The van der Waals surface area contributed by atoms with E-state index in [4.69, 9.17) is 0 Å². The molecule has 0 fully saturated rings. The zero-order valence-electron chi connectivity index (χ0n) is 11.2. The Hall–Kier alpha value is -1.90. The second-order valence-electron chi connectivity index (χ2n) is 4.42. The van der Waals surface area contributed by atoms with Gasteiger partial charge in [0.15, 0.2) is 5.69 Å². The summed E-state index contributed by atoms with van der Waals surface area (Å²) in [7, 11) is -4.16. The number of rotatable bonds is 3. The normalized spacial score (nSPS) is 12.6. The number of hydrogen-bond acceptors (Lipinski definition) is 4. The Morgan fingerprint density at radius 3 is 2.29 bits per heavy atom. The zero-order chi connectivity index (χ0) is 15.8. The van der Waals surface area contributed by atoms with Crippen LogP contribution in [0.1, 0.15) is 18.2 Å². The zero-order valence-corrected chi connectivity index (χ0v) is 12.0. The summed E-state index contributed by atoms with van der Waals surface area (Å²) in [6.07, 6.45) is -1.91. The molecule has 0 spiro atoms. The van der Waals surface area contributed by atoms with Crippen LogP contribution in [-0.4, -0.2) is 28.8 Å². The molecule has 2 aromatic rings. The van der Waals surface area contributed by atoms with Gasteiger partial charge in [0.2, 0.25) is 0 Å². The molecule has 0 N–H and O–H groups in total. The average molecular weight is 319 g/mol. The van der Waals surface area contributed by atoms with Crippen LogP contribution < -0.4 is 0 Å². The molecular formula is C12H12F3N3O2S. The first kappa shape index (κ1) is 15.5. The van der Waals surface area contributed by atoms with Gasteiger partial charge in [-0.25, -0.2) is 8.42 Å². The third kappa shape index (κ3) is 3.23. The number of hydrogen-bond donors (Lipinski definition) is 0. The number of halogens is 3. The molecule has 0 atom stereocenters. The highest BCUT2D eigenvalue weighted by Gasteiger charge is 2.38. The highest BCUT2D eigenvalue weighted by atomic mass is 32.2. The summed E-state index contributed by atoms with van der Waals surface area (Å²) in [5.74, 6) is 0. The molecule has 2 heterocycles. The topological polar surface area (TPSA) is 64.8 Å². The van der Waals surface area contributed by atoms with Crippen molar-refractivity contribution in [3.63, 3.8) is 0 Å². The molecule has 0 aliphatic heterocycles. The fraction of sp³-hybridized carbons (Fsp3) is 0.333. The van der Waals surface area contributed by atoms with Gasteiger partial charge in [-0.1, -0.05) is 13.0 Å². The van der Waals surface area contributed by atoms with Crippen molar-refractivity contribution in [3.8, 4) is 11.4 Å². The van der Waals surface area contributed by atoms with Crippen LogP contribution in [0.5, 0.6) is 0 Å². The molecule has 0 saturated carbocycles. The van der Waals surface area contributed by atoms with Crippen LogP contribution >= 0.6 is 0 Å². The molecule has 9 heteroatoms. The van der Waals surface area contributed by atoms with Crippen LogP contribution in [0.25, 0.3) is 11.4 Å². The average Bonchev–Trinajstić information content (AvgIpc) is 2.84. The third-order valence-corrected chi connectivity index (χ3v) is 3.68. The molecule has 0 unspecified atom stereocenters. The number of alkyl halides is 3. The van der Waals surface area contributed by atoms with E-state index in [0.717, 1.165) is 12.0 Å². The summed E-state index contributed by atoms with van der Waals surface area (Å²) in [6.45, 7) is 1.91. The SMILES string of the molecule is CCc1ccc(-c2cc(C(F)(F)F)n(S(C)(=O)=O)n2)nc1. The lowest BCUT2D eigenvalue weighted by atomic mass is 10.2. The minimum atomic E-state index is -4.82. The molecule has 0 amide bonds. The van der Waals surface area contributed by atoms with Crippen LogP contribution in [0.3, 0.4) is 0 Å². The maximum atomic E-state index is 12.9. The van der Waals surface area contributed by atoms with E-state index in [0.29, 0.717) is 12.3 Å². The predicted molar refractivity (Wildman–Crippen MR) is 70.1 cm³/mol. The molecule has 0 bridgehead atoms. The van der Waals surface area contributed by atoms with Gasteiger partial charge in [-0.05, 0) is 24.1 Å². The second kappa shape index (κ2) is 5.14. The molecule has 0 aromatic carbocycles. The molecule has 114 valence electrons. The molecule has 2 rings (SSSR count). The van der Waals surface area contributed by atoms with E-state index in [9.17, 15) is 21.6 Å². The van der Waals surface area contributed by atoms with E-state index < -0.39 is 21.9 Å². The predicted octanol–water partition coefficient (Wildman–Crippen LogP) is 2.33. The minimum absolute atomic E-state index is 0.0161. The number of aromatic nitrogens is 3. The summed E-state index contributed by atoms with van der Waals surface area (Å²) >= 11 is 0. The van der Waals surface area contributed by atoms with Crippen LogP contribution in [0, 0.1) is 0 Å². The largest absolute Gasteiger partial charge is 0.434 e. The van der Waals surface area contributed by atoms with Crippen molar-refractivity contribution in [2.24, 2.45) is 0 Å². The quantitative estimate of drug-likeness (QED) is 0.871. The van der Waals surface area contributed by atoms with Gasteiger partial charge in [-0.2, -0.15) is 22.4 Å². The first-order valence-corrected chi connectivity index (χ1v) is 7.81. The van der Waals surface area contributed by atoms with Gasteiger partial charge < -0.3 is 0 Å². The molecule has 0 aliphatic rings. The van der Waals surface area contributed by atoms with E-state index in [-0.39, 0.29) is 15.5 Å². The molecule has 2 aromatic heterocycles. The summed E-state index contributed by atoms with van der Waals surface area (Å²) in [6, 6.07) is 3.89. The van der Waals surface area contributed by atoms with Gasteiger partial charge in [-0.3, -0.25) is 4.98 Å². The molecule has 21 heavy (non-hydrogen) atoms. The highest BCUT2D eigenvalue weighted by Crippen LogP contribution is 2.32. The monoisotopic (exact) mass is 319 g/mol. The van der Waals surface area contributed by atoms with E-state index in [1.165, 1.54) is 12.3 Å². The Kier molecular flexibility index (Phi) is 3.79. The van der Waals surface area contributed by atoms with Gasteiger partial charge in [0.25, 0.3) is 10.0 Å². The Labute approximate surface area is 119 Å².